The summed E-state index contributed by atoms with van der Waals surface area (Å²) in [5, 5.41) is 5.16. The first-order chi connectivity index (χ1) is 7.61. The topological polar surface area (TPSA) is 58.2 Å². The predicted octanol–water partition coefficient (Wildman–Crippen LogP) is 1.90. The Hall–Kier alpha value is -1.26. The van der Waals surface area contributed by atoms with E-state index in [1.165, 1.54) is 0 Å². The van der Waals surface area contributed by atoms with E-state index in [4.69, 9.17) is 23.2 Å². The summed E-state index contributed by atoms with van der Waals surface area (Å²) < 4.78 is 0. The number of alkyl halides is 1. The van der Waals surface area contributed by atoms with E-state index in [1.54, 1.807) is 18.2 Å². The molecule has 16 heavy (non-hydrogen) atoms. The first-order valence-corrected chi connectivity index (χ1v) is 5.41. The zero-order valence-electron chi connectivity index (χ0n) is 8.30. The lowest BCUT2D eigenvalue weighted by molar-refractivity contribution is -0.117. The van der Waals surface area contributed by atoms with E-state index < -0.39 is 11.9 Å². The standard InChI is InChI=1S/C10H10Cl2N2O2/c11-5-9(15)14-10(16)13-6-7-2-1-3-8(12)4-7/h1-4H,5-6H2,(H2,13,14,15,16). The highest BCUT2D eigenvalue weighted by Gasteiger charge is 2.05. The number of halogens is 2. The smallest absolute Gasteiger partial charge is 0.321 e. The van der Waals surface area contributed by atoms with Gasteiger partial charge in [0.2, 0.25) is 5.91 Å². The summed E-state index contributed by atoms with van der Waals surface area (Å²) in [5.41, 5.74) is 0.848. The van der Waals surface area contributed by atoms with E-state index >= 15 is 0 Å². The van der Waals surface area contributed by atoms with E-state index in [-0.39, 0.29) is 5.88 Å². The van der Waals surface area contributed by atoms with Crippen molar-refractivity contribution in [1.29, 1.82) is 0 Å². The maximum atomic E-state index is 11.1. The van der Waals surface area contributed by atoms with Crippen LogP contribution in [0.4, 0.5) is 4.79 Å². The molecular formula is C10H10Cl2N2O2. The summed E-state index contributed by atoms with van der Waals surface area (Å²) in [6, 6.07) is 6.48. The molecule has 1 aromatic rings. The number of amides is 3. The van der Waals surface area contributed by atoms with Gasteiger partial charge in [0.1, 0.15) is 5.88 Å². The third-order valence-electron chi connectivity index (χ3n) is 1.72. The molecule has 0 saturated heterocycles. The van der Waals surface area contributed by atoms with Crippen molar-refractivity contribution in [3.8, 4) is 0 Å². The number of carbonyl (C=O) groups is 2. The van der Waals surface area contributed by atoms with Crippen LogP contribution in [0.1, 0.15) is 5.56 Å². The second kappa shape index (κ2) is 6.35. The summed E-state index contributed by atoms with van der Waals surface area (Å²) in [5.74, 6) is -0.782. The summed E-state index contributed by atoms with van der Waals surface area (Å²) in [6.07, 6.45) is 0. The van der Waals surface area contributed by atoms with Crippen LogP contribution in [0.3, 0.4) is 0 Å². The number of imide groups is 1. The van der Waals surface area contributed by atoms with E-state index in [1.807, 2.05) is 6.07 Å². The number of carbonyl (C=O) groups excluding carboxylic acids is 2. The third kappa shape index (κ3) is 4.51. The molecular weight excluding hydrogens is 251 g/mol. The molecule has 1 aromatic carbocycles. The van der Waals surface area contributed by atoms with Crippen LogP contribution >= 0.6 is 23.2 Å². The molecule has 0 aliphatic rings. The van der Waals surface area contributed by atoms with Crippen LogP contribution in [0.15, 0.2) is 24.3 Å². The fraction of sp³-hybridized carbons (Fsp3) is 0.200. The fourth-order valence-electron chi connectivity index (χ4n) is 1.03. The molecule has 1 rings (SSSR count). The average molecular weight is 261 g/mol. The van der Waals surface area contributed by atoms with Crippen molar-refractivity contribution in [3.05, 3.63) is 34.9 Å². The van der Waals surface area contributed by atoms with Crippen molar-refractivity contribution < 1.29 is 9.59 Å². The lowest BCUT2D eigenvalue weighted by atomic mass is 10.2. The number of benzene rings is 1. The Morgan fingerprint density at radius 1 is 1.31 bits per heavy atom. The van der Waals surface area contributed by atoms with E-state index in [2.05, 4.69) is 10.6 Å². The number of hydrogen-bond donors (Lipinski definition) is 2. The molecule has 86 valence electrons. The minimum Gasteiger partial charge on any atom is -0.334 e. The normalized spacial score (nSPS) is 9.62. The molecule has 0 bridgehead atoms. The van der Waals surface area contributed by atoms with Gasteiger partial charge >= 0.3 is 6.03 Å². The second-order valence-electron chi connectivity index (χ2n) is 2.99. The van der Waals surface area contributed by atoms with Crippen LogP contribution in [0.5, 0.6) is 0 Å². The molecule has 0 aliphatic carbocycles. The van der Waals surface area contributed by atoms with Gasteiger partial charge in [-0.2, -0.15) is 0 Å². The molecule has 0 saturated carbocycles. The molecule has 0 unspecified atom stereocenters. The fourth-order valence-corrected chi connectivity index (χ4v) is 1.31. The van der Waals surface area contributed by atoms with Crippen molar-refractivity contribution in [3.63, 3.8) is 0 Å². The number of urea groups is 1. The molecule has 0 radical (unpaired) electrons. The van der Waals surface area contributed by atoms with Crippen LogP contribution in [-0.2, 0) is 11.3 Å². The van der Waals surface area contributed by atoms with Gasteiger partial charge < -0.3 is 5.32 Å². The highest BCUT2D eigenvalue weighted by atomic mass is 35.5. The van der Waals surface area contributed by atoms with Crippen LogP contribution in [0, 0.1) is 0 Å². The third-order valence-corrected chi connectivity index (χ3v) is 2.19. The first kappa shape index (κ1) is 12.8. The highest BCUT2D eigenvalue weighted by Crippen LogP contribution is 2.09. The summed E-state index contributed by atoms with van der Waals surface area (Å²) >= 11 is 11.0. The Labute approximate surface area is 103 Å². The summed E-state index contributed by atoms with van der Waals surface area (Å²) in [6.45, 7) is 0.294. The number of hydrogen-bond acceptors (Lipinski definition) is 2. The minimum atomic E-state index is -0.578. The van der Waals surface area contributed by atoms with E-state index in [0.29, 0.717) is 11.6 Å². The maximum Gasteiger partial charge on any atom is 0.321 e. The minimum absolute atomic E-state index is 0.245. The van der Waals surface area contributed by atoms with E-state index in [9.17, 15) is 9.59 Å². The Balaban J connectivity index is 2.40. The predicted molar refractivity (Wildman–Crippen MR) is 62.6 cm³/mol. The van der Waals surface area contributed by atoms with Crippen LogP contribution in [-0.4, -0.2) is 17.8 Å². The van der Waals surface area contributed by atoms with Gasteiger partial charge in [0.05, 0.1) is 0 Å². The first-order valence-electron chi connectivity index (χ1n) is 4.50. The Kier molecular flexibility index (Phi) is 5.08. The molecule has 4 nitrogen and oxygen atoms in total. The molecule has 2 N–H and O–H groups in total. The van der Waals surface area contributed by atoms with E-state index in [0.717, 1.165) is 5.56 Å². The summed E-state index contributed by atoms with van der Waals surface area (Å²) in [7, 11) is 0. The lowest BCUT2D eigenvalue weighted by Gasteiger charge is -2.05. The van der Waals surface area contributed by atoms with Gasteiger partial charge in [-0.05, 0) is 17.7 Å². The second-order valence-corrected chi connectivity index (χ2v) is 3.70. The quantitative estimate of drug-likeness (QED) is 0.816. The Bertz CT molecular complexity index is 396. The molecule has 0 atom stereocenters. The van der Waals surface area contributed by atoms with Gasteiger partial charge in [-0.25, -0.2) is 4.79 Å². The molecule has 0 spiro atoms. The van der Waals surface area contributed by atoms with Gasteiger partial charge in [0.25, 0.3) is 0 Å². The zero-order chi connectivity index (χ0) is 12.0. The average Bonchev–Trinajstić information content (AvgIpc) is 2.26. The van der Waals surface area contributed by atoms with Crippen molar-refractivity contribution >= 4 is 35.1 Å². The van der Waals surface area contributed by atoms with Crippen LogP contribution < -0.4 is 10.6 Å². The van der Waals surface area contributed by atoms with Gasteiger partial charge in [-0.15, -0.1) is 11.6 Å². The largest absolute Gasteiger partial charge is 0.334 e. The van der Waals surface area contributed by atoms with Crippen LogP contribution in [0.2, 0.25) is 5.02 Å². The molecule has 6 heteroatoms. The van der Waals surface area contributed by atoms with Crippen LogP contribution in [0.25, 0.3) is 0 Å². The maximum absolute atomic E-state index is 11.1. The molecule has 0 aromatic heterocycles. The highest BCUT2D eigenvalue weighted by molar-refractivity contribution is 6.30. The molecule has 0 fully saturated rings. The van der Waals surface area contributed by atoms with Gasteiger partial charge in [0.15, 0.2) is 0 Å². The number of nitrogens with one attached hydrogen (secondary N) is 2. The van der Waals surface area contributed by atoms with Crippen molar-refractivity contribution in [2.75, 3.05) is 5.88 Å². The summed E-state index contributed by atoms with van der Waals surface area (Å²) in [4.78, 5) is 21.9. The SMILES string of the molecule is O=C(CCl)NC(=O)NCc1cccc(Cl)c1. The zero-order valence-corrected chi connectivity index (χ0v) is 9.81. The molecule has 0 heterocycles. The van der Waals surface area contributed by atoms with Crippen molar-refractivity contribution in [1.82, 2.24) is 10.6 Å². The van der Waals surface area contributed by atoms with Crippen molar-refractivity contribution in [2.24, 2.45) is 0 Å². The molecule has 0 aliphatic heterocycles. The van der Waals surface area contributed by atoms with Gasteiger partial charge in [-0.3, -0.25) is 10.1 Å². The lowest BCUT2D eigenvalue weighted by Crippen LogP contribution is -2.39. The van der Waals surface area contributed by atoms with Gasteiger partial charge in [-0.1, -0.05) is 23.7 Å². The Morgan fingerprint density at radius 2 is 2.06 bits per heavy atom. The monoisotopic (exact) mass is 260 g/mol. The molecule has 3 amide bonds. The van der Waals surface area contributed by atoms with Gasteiger partial charge in [0, 0.05) is 11.6 Å². The number of rotatable bonds is 3. The van der Waals surface area contributed by atoms with Crippen molar-refractivity contribution in [2.45, 2.75) is 6.54 Å². The Morgan fingerprint density at radius 3 is 2.69 bits per heavy atom.